The molecule has 3 heterocycles. The summed E-state index contributed by atoms with van der Waals surface area (Å²) in [6.45, 7) is 8.34. The number of fused-ring (bicyclic) bond motifs is 2. The fraction of sp³-hybridized carbons (Fsp3) is 0.394. The third-order valence-electron chi connectivity index (χ3n) is 8.91. The van der Waals surface area contributed by atoms with Gasteiger partial charge < -0.3 is 10.6 Å². The zero-order chi connectivity index (χ0) is 32.2. The van der Waals surface area contributed by atoms with Gasteiger partial charge in [-0.3, -0.25) is 15.4 Å². The highest BCUT2D eigenvalue weighted by Gasteiger charge is 2.77. The van der Waals surface area contributed by atoms with E-state index >= 15 is 0 Å². The van der Waals surface area contributed by atoms with Crippen LogP contribution >= 0.6 is 0 Å². The van der Waals surface area contributed by atoms with Crippen LogP contribution in [0.25, 0.3) is 21.7 Å². The van der Waals surface area contributed by atoms with Crippen LogP contribution in [-0.4, -0.2) is 34.8 Å². The van der Waals surface area contributed by atoms with Gasteiger partial charge in [0.2, 0.25) is 0 Å². The van der Waals surface area contributed by atoms with E-state index in [1.165, 1.54) is 6.20 Å². The molecule has 4 aromatic rings. The van der Waals surface area contributed by atoms with E-state index in [1.54, 1.807) is 30.6 Å². The number of hydrogen-bond donors (Lipinski definition) is 3. The molecule has 9 nitrogen and oxygen atoms in total. The van der Waals surface area contributed by atoms with Crippen LogP contribution in [0.1, 0.15) is 61.9 Å². The van der Waals surface area contributed by atoms with Crippen molar-refractivity contribution < 1.29 is 13.2 Å². The van der Waals surface area contributed by atoms with Crippen molar-refractivity contribution in [2.45, 2.75) is 58.3 Å². The van der Waals surface area contributed by atoms with E-state index in [-0.39, 0.29) is 30.4 Å². The minimum atomic E-state index is -4.53. The maximum Gasteiger partial charge on any atom is 0.396 e. The molecule has 2 aromatic carbocycles. The number of halogens is 3. The van der Waals surface area contributed by atoms with Gasteiger partial charge in [0.05, 0.1) is 40.3 Å². The average Bonchev–Trinajstić information content (AvgIpc) is 3.69. The molecular formula is C33H32F3N9. The number of benzene rings is 2. The van der Waals surface area contributed by atoms with Gasteiger partial charge in [0, 0.05) is 41.6 Å². The summed E-state index contributed by atoms with van der Waals surface area (Å²) in [5.41, 5.74) is 2.18. The van der Waals surface area contributed by atoms with Gasteiger partial charge in [-0.25, -0.2) is 0 Å². The Labute approximate surface area is 258 Å². The van der Waals surface area contributed by atoms with Crippen molar-refractivity contribution in [3.63, 3.8) is 0 Å². The minimum Gasteiger partial charge on any atom is -0.383 e. The number of alkyl halides is 3. The lowest BCUT2D eigenvalue weighted by molar-refractivity contribution is -0.210. The van der Waals surface area contributed by atoms with Crippen molar-refractivity contribution in [1.29, 1.82) is 10.5 Å². The molecule has 1 fully saturated rings. The summed E-state index contributed by atoms with van der Waals surface area (Å²) in [7, 11) is 0. The Morgan fingerprint density at radius 2 is 1.80 bits per heavy atom. The number of nitriles is 2. The van der Waals surface area contributed by atoms with Crippen LogP contribution < -0.4 is 16.1 Å². The van der Waals surface area contributed by atoms with Crippen LogP contribution in [0.15, 0.2) is 59.3 Å². The molecule has 1 aliphatic carbocycles. The smallest absolute Gasteiger partial charge is 0.383 e. The summed E-state index contributed by atoms with van der Waals surface area (Å²) in [5, 5.41) is 37.0. The van der Waals surface area contributed by atoms with Crippen molar-refractivity contribution in [3.8, 4) is 12.1 Å². The fourth-order valence-electron chi connectivity index (χ4n) is 6.52. The molecule has 0 radical (unpaired) electrons. The van der Waals surface area contributed by atoms with Crippen LogP contribution in [0.5, 0.6) is 0 Å². The second-order valence-electron chi connectivity index (χ2n) is 13.1. The highest BCUT2D eigenvalue weighted by molar-refractivity contribution is 5.99. The zero-order valence-electron chi connectivity index (χ0n) is 25.3. The molecule has 3 N–H and O–H groups in total. The number of nitrogens with one attached hydrogen (secondary N) is 3. The first kappa shape index (κ1) is 30.1. The van der Waals surface area contributed by atoms with E-state index in [2.05, 4.69) is 48.5 Å². The van der Waals surface area contributed by atoms with Crippen LogP contribution in [0.4, 0.5) is 24.5 Å². The Morgan fingerprint density at radius 3 is 2.42 bits per heavy atom. The van der Waals surface area contributed by atoms with Crippen molar-refractivity contribution in [2.24, 2.45) is 21.2 Å². The number of rotatable bonds is 7. The lowest BCUT2D eigenvalue weighted by atomic mass is 9.71. The minimum absolute atomic E-state index is 0.0739. The van der Waals surface area contributed by atoms with E-state index in [0.717, 1.165) is 16.3 Å². The number of aryl methyl sites for hydroxylation is 1. The molecule has 45 heavy (non-hydrogen) atoms. The molecule has 1 saturated carbocycles. The predicted molar refractivity (Wildman–Crippen MR) is 165 cm³/mol. The monoisotopic (exact) mass is 611 g/mol. The Morgan fingerprint density at radius 1 is 1.04 bits per heavy atom. The van der Waals surface area contributed by atoms with Crippen LogP contribution in [0.3, 0.4) is 0 Å². The molecule has 2 aliphatic rings. The number of hydrogen-bond acceptors (Lipinski definition) is 9. The second-order valence-corrected chi connectivity index (χ2v) is 13.1. The molecule has 12 heteroatoms. The van der Waals surface area contributed by atoms with Gasteiger partial charge >= 0.3 is 6.18 Å². The first-order valence-electron chi connectivity index (χ1n) is 14.7. The predicted octanol–water partition coefficient (Wildman–Crippen LogP) is 7.50. The molecule has 2 aromatic heterocycles. The quantitative estimate of drug-likeness (QED) is 0.197. The van der Waals surface area contributed by atoms with E-state index in [0.29, 0.717) is 39.9 Å². The van der Waals surface area contributed by atoms with Crippen LogP contribution in [0, 0.1) is 40.4 Å². The number of aromatic nitrogens is 2. The molecule has 2 atom stereocenters. The maximum absolute atomic E-state index is 15.0. The van der Waals surface area contributed by atoms with Crippen LogP contribution in [0.2, 0.25) is 0 Å². The first-order chi connectivity index (χ1) is 21.3. The molecule has 230 valence electrons. The summed E-state index contributed by atoms with van der Waals surface area (Å²) in [4.78, 5) is 8.72. The summed E-state index contributed by atoms with van der Waals surface area (Å²) >= 11 is 0. The van der Waals surface area contributed by atoms with Crippen molar-refractivity contribution >= 4 is 33.1 Å². The van der Waals surface area contributed by atoms with Gasteiger partial charge in [-0.2, -0.15) is 28.8 Å². The largest absolute Gasteiger partial charge is 0.396 e. The molecule has 0 bridgehead atoms. The van der Waals surface area contributed by atoms with Gasteiger partial charge in [0.15, 0.2) is 0 Å². The van der Waals surface area contributed by atoms with E-state index in [4.69, 9.17) is 0 Å². The second kappa shape index (κ2) is 10.6. The van der Waals surface area contributed by atoms with Gasteiger partial charge in [0.25, 0.3) is 0 Å². The zero-order valence-corrected chi connectivity index (χ0v) is 25.3. The van der Waals surface area contributed by atoms with Gasteiger partial charge in [-0.1, -0.05) is 44.2 Å². The Balaban J connectivity index is 1.59. The molecular weight excluding hydrogens is 579 g/mol. The normalized spacial score (nSPS) is 19.5. The first-order valence-corrected chi connectivity index (χ1v) is 14.7. The standard InChI is InChI=1S/C33H32F3N9/c1-19-14-39-15-20-6-5-7-24(26(19)20)29(32(18-42-45-44-32)31(8-9-31)33(34,35)36)43-23-10-21(12-37)27-25(11-23)28(22(13-38)16-40-27)41-17-30(2,3)4/h5-7,10-11,14-16,29,43H,8-9,17-18H2,1-4H3,(H,40,41)(H,42,44). The lowest BCUT2D eigenvalue weighted by Gasteiger charge is -2.44. The summed E-state index contributed by atoms with van der Waals surface area (Å²) < 4.78 is 45.0. The van der Waals surface area contributed by atoms with Gasteiger partial charge in [-0.05, 0) is 53.8 Å². The average molecular weight is 612 g/mol. The van der Waals surface area contributed by atoms with Crippen molar-refractivity contribution in [3.05, 3.63) is 71.2 Å². The molecule has 6 rings (SSSR count). The molecule has 2 unspecified atom stereocenters. The maximum atomic E-state index is 15.0. The Bertz CT molecular complexity index is 1910. The highest BCUT2D eigenvalue weighted by atomic mass is 19.4. The Kier molecular flexibility index (Phi) is 7.07. The summed E-state index contributed by atoms with van der Waals surface area (Å²) in [6, 6.07) is 12.2. The van der Waals surface area contributed by atoms with Gasteiger partial charge in [-0.15, -0.1) is 0 Å². The highest BCUT2D eigenvalue weighted by Crippen LogP contribution is 2.67. The number of nitrogens with zero attached hydrogens (tertiary/aromatic N) is 6. The molecule has 0 saturated heterocycles. The topological polar surface area (TPSA) is 134 Å². The molecule has 1 aliphatic heterocycles. The number of pyridine rings is 2. The molecule has 0 amide bonds. The van der Waals surface area contributed by atoms with Gasteiger partial charge in [0.1, 0.15) is 17.7 Å². The molecule has 0 spiro atoms. The van der Waals surface area contributed by atoms with Crippen LogP contribution in [-0.2, 0) is 0 Å². The van der Waals surface area contributed by atoms with E-state index in [1.807, 2.05) is 39.8 Å². The van der Waals surface area contributed by atoms with E-state index < -0.39 is 23.2 Å². The van der Waals surface area contributed by atoms with Crippen molar-refractivity contribution in [1.82, 2.24) is 15.4 Å². The fourth-order valence-corrected chi connectivity index (χ4v) is 6.52. The summed E-state index contributed by atoms with van der Waals surface area (Å²) in [6.07, 6.45) is 0.125. The van der Waals surface area contributed by atoms with E-state index in [9.17, 15) is 23.7 Å². The number of anilines is 2. The third-order valence-corrected chi connectivity index (χ3v) is 8.91. The lowest BCUT2D eigenvalue weighted by Crippen LogP contribution is -2.61. The Hall–Kier alpha value is -4.97. The SMILES string of the molecule is Cc1cncc2cccc(C(Nc3cc(C#N)c4ncc(C#N)c(NCC(C)(C)C)c4c3)C3(C4(C(F)(F)F)CC4)CN=NN3)c12. The third kappa shape index (κ3) is 4.95. The van der Waals surface area contributed by atoms with Crippen molar-refractivity contribution in [2.75, 3.05) is 23.7 Å². The summed E-state index contributed by atoms with van der Waals surface area (Å²) in [5.74, 6) is 0.